The monoisotopic (exact) mass is 292 g/mol. The fraction of sp³-hybridized carbons (Fsp3) is 0.222. The van der Waals surface area contributed by atoms with Crippen LogP contribution < -0.4 is 5.43 Å². The number of guanidine groups is 1. The molecular formula is C18H20N4. The summed E-state index contributed by atoms with van der Waals surface area (Å²) in [5.41, 5.74) is 6.46. The van der Waals surface area contributed by atoms with Gasteiger partial charge in [-0.25, -0.2) is 10.4 Å². The second-order valence-electron chi connectivity index (χ2n) is 5.29. The molecule has 0 atom stereocenters. The van der Waals surface area contributed by atoms with Gasteiger partial charge >= 0.3 is 0 Å². The number of benzene rings is 2. The third-order valence-corrected chi connectivity index (χ3v) is 3.66. The first-order chi connectivity index (χ1) is 10.8. The molecule has 0 fully saturated rings. The Balaban J connectivity index is 1.64. The van der Waals surface area contributed by atoms with Crippen molar-refractivity contribution >= 4 is 11.7 Å². The van der Waals surface area contributed by atoms with Crippen molar-refractivity contribution in [2.75, 3.05) is 13.1 Å². The van der Waals surface area contributed by atoms with Crippen LogP contribution in [0, 0.1) is 0 Å². The second kappa shape index (κ2) is 6.89. The lowest BCUT2D eigenvalue weighted by Crippen LogP contribution is -2.35. The first-order valence-corrected chi connectivity index (χ1v) is 7.52. The van der Waals surface area contributed by atoms with Crippen LogP contribution in [0.2, 0.25) is 0 Å². The molecule has 0 spiro atoms. The molecule has 0 saturated heterocycles. The molecule has 1 aliphatic rings. The SMILES string of the molecule is CC(=NNC1=NCCN1Cc1ccccc1)c1ccccc1. The maximum atomic E-state index is 4.50. The van der Waals surface area contributed by atoms with E-state index in [2.05, 4.69) is 56.8 Å². The molecular weight excluding hydrogens is 272 g/mol. The molecule has 0 unspecified atom stereocenters. The van der Waals surface area contributed by atoms with E-state index in [1.165, 1.54) is 5.56 Å². The molecule has 0 amide bonds. The Morgan fingerprint density at radius 2 is 1.77 bits per heavy atom. The zero-order chi connectivity index (χ0) is 15.2. The predicted molar refractivity (Wildman–Crippen MR) is 90.9 cm³/mol. The number of rotatable bonds is 4. The molecule has 22 heavy (non-hydrogen) atoms. The third kappa shape index (κ3) is 3.52. The molecule has 1 heterocycles. The van der Waals surface area contributed by atoms with E-state index in [9.17, 15) is 0 Å². The first kappa shape index (κ1) is 14.3. The number of nitrogens with zero attached hydrogens (tertiary/aromatic N) is 3. The van der Waals surface area contributed by atoms with E-state index < -0.39 is 0 Å². The van der Waals surface area contributed by atoms with Crippen LogP contribution in [0.1, 0.15) is 18.1 Å². The summed E-state index contributed by atoms with van der Waals surface area (Å²) in [6.45, 7) is 4.60. The van der Waals surface area contributed by atoms with Gasteiger partial charge in [0.1, 0.15) is 0 Å². The van der Waals surface area contributed by atoms with Crippen molar-refractivity contribution in [1.82, 2.24) is 10.3 Å². The molecule has 1 aliphatic heterocycles. The normalized spacial score (nSPS) is 14.9. The summed E-state index contributed by atoms with van der Waals surface area (Å²) in [4.78, 5) is 6.72. The van der Waals surface area contributed by atoms with E-state index in [1.807, 2.05) is 31.2 Å². The van der Waals surface area contributed by atoms with Gasteiger partial charge in [-0.3, -0.25) is 0 Å². The van der Waals surface area contributed by atoms with Gasteiger partial charge in [0.25, 0.3) is 0 Å². The van der Waals surface area contributed by atoms with Gasteiger partial charge in [-0.2, -0.15) is 5.10 Å². The number of hydrazone groups is 1. The highest BCUT2D eigenvalue weighted by Gasteiger charge is 2.16. The zero-order valence-corrected chi connectivity index (χ0v) is 12.7. The Hall–Kier alpha value is -2.62. The summed E-state index contributed by atoms with van der Waals surface area (Å²) in [6, 6.07) is 20.6. The first-order valence-electron chi connectivity index (χ1n) is 7.52. The van der Waals surface area contributed by atoms with Crippen molar-refractivity contribution in [2.24, 2.45) is 10.1 Å². The Kier molecular flexibility index (Phi) is 4.49. The molecule has 112 valence electrons. The van der Waals surface area contributed by atoms with Crippen molar-refractivity contribution < 1.29 is 0 Å². The van der Waals surface area contributed by atoms with Gasteiger partial charge < -0.3 is 4.90 Å². The fourth-order valence-corrected chi connectivity index (χ4v) is 2.42. The summed E-state index contributed by atoms with van der Waals surface area (Å²) in [5.74, 6) is 0.846. The van der Waals surface area contributed by atoms with E-state index in [4.69, 9.17) is 0 Å². The fourth-order valence-electron chi connectivity index (χ4n) is 2.42. The van der Waals surface area contributed by atoms with E-state index in [-0.39, 0.29) is 0 Å². The largest absolute Gasteiger partial charge is 0.335 e. The molecule has 4 heteroatoms. The highest BCUT2D eigenvalue weighted by molar-refractivity contribution is 5.99. The Morgan fingerprint density at radius 1 is 1.09 bits per heavy atom. The van der Waals surface area contributed by atoms with Crippen molar-refractivity contribution in [2.45, 2.75) is 13.5 Å². The number of aliphatic imine (C=N–C) groups is 1. The lowest BCUT2D eigenvalue weighted by atomic mass is 10.1. The van der Waals surface area contributed by atoms with Crippen LogP contribution in [0.5, 0.6) is 0 Å². The van der Waals surface area contributed by atoms with Gasteiger partial charge in [0, 0.05) is 13.1 Å². The smallest absolute Gasteiger partial charge is 0.215 e. The molecule has 0 aromatic heterocycles. The highest BCUT2D eigenvalue weighted by Crippen LogP contribution is 2.08. The molecule has 2 aromatic rings. The summed E-state index contributed by atoms with van der Waals surface area (Å²) < 4.78 is 0. The van der Waals surface area contributed by atoms with Gasteiger partial charge in [0.2, 0.25) is 5.96 Å². The molecule has 1 N–H and O–H groups in total. The van der Waals surface area contributed by atoms with Crippen LogP contribution >= 0.6 is 0 Å². The Bertz CT molecular complexity index is 662. The molecule has 0 bridgehead atoms. The van der Waals surface area contributed by atoms with Crippen molar-refractivity contribution in [3.63, 3.8) is 0 Å². The van der Waals surface area contributed by atoms with Crippen LogP contribution in [0.4, 0.5) is 0 Å². The van der Waals surface area contributed by atoms with E-state index in [1.54, 1.807) is 0 Å². The standard InChI is InChI=1S/C18H20N4/c1-15(17-10-6-3-7-11-17)20-21-18-19-12-13-22(18)14-16-8-4-2-5-9-16/h2-11H,12-14H2,1H3,(H,19,21). The summed E-state index contributed by atoms with van der Waals surface area (Å²) in [5, 5.41) is 4.46. The van der Waals surface area contributed by atoms with Crippen LogP contribution in [0.15, 0.2) is 70.8 Å². The van der Waals surface area contributed by atoms with Gasteiger partial charge in [0.15, 0.2) is 0 Å². The maximum absolute atomic E-state index is 4.50. The minimum atomic E-state index is 0.815. The molecule has 0 aliphatic carbocycles. The number of hydrogen-bond donors (Lipinski definition) is 1. The summed E-state index contributed by atoms with van der Waals surface area (Å²) in [7, 11) is 0. The molecule has 0 saturated carbocycles. The minimum absolute atomic E-state index is 0.815. The Labute approximate surface area is 131 Å². The number of hydrogen-bond acceptors (Lipinski definition) is 4. The van der Waals surface area contributed by atoms with Crippen molar-refractivity contribution in [1.29, 1.82) is 0 Å². The minimum Gasteiger partial charge on any atom is -0.335 e. The second-order valence-corrected chi connectivity index (χ2v) is 5.29. The molecule has 2 aromatic carbocycles. The average molecular weight is 292 g/mol. The Morgan fingerprint density at radius 3 is 2.50 bits per heavy atom. The van der Waals surface area contributed by atoms with Gasteiger partial charge in [-0.15, -0.1) is 0 Å². The summed E-state index contributed by atoms with van der Waals surface area (Å²) in [6.07, 6.45) is 0. The third-order valence-electron chi connectivity index (χ3n) is 3.66. The zero-order valence-electron chi connectivity index (χ0n) is 12.7. The van der Waals surface area contributed by atoms with E-state index >= 15 is 0 Å². The topological polar surface area (TPSA) is 40.0 Å². The lowest BCUT2D eigenvalue weighted by molar-refractivity contribution is 0.438. The molecule has 4 nitrogen and oxygen atoms in total. The molecule has 0 radical (unpaired) electrons. The maximum Gasteiger partial charge on any atom is 0.215 e. The van der Waals surface area contributed by atoms with Crippen molar-refractivity contribution in [3.8, 4) is 0 Å². The quantitative estimate of drug-likeness (QED) is 0.695. The van der Waals surface area contributed by atoms with E-state index in [0.29, 0.717) is 0 Å². The van der Waals surface area contributed by atoms with Crippen LogP contribution in [-0.2, 0) is 6.54 Å². The van der Waals surface area contributed by atoms with Gasteiger partial charge in [0.05, 0.1) is 12.3 Å². The van der Waals surface area contributed by atoms with Gasteiger partial charge in [-0.05, 0) is 18.1 Å². The number of nitrogens with one attached hydrogen (secondary N) is 1. The van der Waals surface area contributed by atoms with Crippen LogP contribution in [0.3, 0.4) is 0 Å². The molecule has 3 rings (SSSR count). The van der Waals surface area contributed by atoms with E-state index in [0.717, 1.165) is 36.9 Å². The van der Waals surface area contributed by atoms with Crippen LogP contribution in [-0.4, -0.2) is 29.7 Å². The summed E-state index contributed by atoms with van der Waals surface area (Å²) >= 11 is 0. The highest BCUT2D eigenvalue weighted by atomic mass is 15.4. The lowest BCUT2D eigenvalue weighted by Gasteiger charge is -2.19. The predicted octanol–water partition coefficient (Wildman–Crippen LogP) is 2.87. The van der Waals surface area contributed by atoms with Gasteiger partial charge in [-0.1, -0.05) is 60.7 Å². The van der Waals surface area contributed by atoms with Crippen molar-refractivity contribution in [3.05, 3.63) is 71.8 Å². The average Bonchev–Trinajstić information content (AvgIpc) is 3.01. The van der Waals surface area contributed by atoms with Crippen LogP contribution in [0.25, 0.3) is 0 Å².